The number of alkyl halides is 1. The largest absolute Gasteiger partial charge is 0.455 e. The number of halogens is 1. The van der Waals surface area contributed by atoms with Crippen LogP contribution >= 0.6 is 19.6 Å². The number of benzene rings is 2. The summed E-state index contributed by atoms with van der Waals surface area (Å²) in [5.41, 5.74) is 0.541. The maximum Gasteiger partial charge on any atom is 0.261 e. The van der Waals surface area contributed by atoms with Crippen LogP contribution in [0.1, 0.15) is 35.0 Å². The van der Waals surface area contributed by atoms with Crippen molar-refractivity contribution in [1.29, 1.82) is 0 Å². The maximum atomic E-state index is 15.4. The van der Waals surface area contributed by atoms with Crippen molar-refractivity contribution in [3.8, 4) is 5.75 Å². The lowest BCUT2D eigenvalue weighted by molar-refractivity contribution is 0.0967. The van der Waals surface area contributed by atoms with Crippen molar-refractivity contribution in [3.05, 3.63) is 65.0 Å². The van der Waals surface area contributed by atoms with Gasteiger partial charge in [-0.25, -0.2) is 4.39 Å². The van der Waals surface area contributed by atoms with E-state index in [4.69, 9.17) is 4.52 Å². The van der Waals surface area contributed by atoms with Gasteiger partial charge in [-0.15, -0.1) is 11.3 Å². The number of hydrogen-bond donors (Lipinski definition) is 2. The lowest BCUT2D eigenvalue weighted by Crippen LogP contribution is -2.21. The quantitative estimate of drug-likeness (QED) is 0.503. The number of thiophene rings is 1. The summed E-state index contributed by atoms with van der Waals surface area (Å²) in [6.07, 6.45) is 0. The highest BCUT2D eigenvalue weighted by Crippen LogP contribution is 2.50. The Balaban J connectivity index is 1.87. The molecule has 0 radical (unpaired) electrons. The van der Waals surface area contributed by atoms with E-state index in [1.807, 2.05) is 50.2 Å². The minimum Gasteiger partial charge on any atom is -0.455 e. The molecule has 27 heavy (non-hydrogen) atoms. The van der Waals surface area contributed by atoms with Crippen molar-refractivity contribution in [2.75, 3.05) is 7.05 Å². The molecule has 1 aromatic heterocycles. The fourth-order valence-electron chi connectivity index (χ4n) is 2.57. The molecule has 0 saturated carbocycles. The Morgan fingerprint density at radius 3 is 2.56 bits per heavy atom. The van der Waals surface area contributed by atoms with Crippen LogP contribution in [0.4, 0.5) is 4.39 Å². The molecule has 0 aliphatic carbocycles. The molecule has 1 amide bonds. The molecular weight excluding hydrogens is 382 g/mol. The summed E-state index contributed by atoms with van der Waals surface area (Å²) in [6.45, 7) is 3.93. The number of para-hydroxylation sites is 1. The third kappa shape index (κ3) is 4.83. The Labute approximate surface area is 163 Å². The molecule has 2 atom stereocenters. The molecule has 0 spiro atoms. The van der Waals surface area contributed by atoms with Gasteiger partial charge in [-0.1, -0.05) is 24.3 Å². The van der Waals surface area contributed by atoms with Gasteiger partial charge < -0.3 is 9.84 Å². The molecule has 0 fully saturated rings. The van der Waals surface area contributed by atoms with Crippen LogP contribution in [0.5, 0.6) is 5.75 Å². The van der Waals surface area contributed by atoms with Crippen LogP contribution in [-0.4, -0.2) is 19.0 Å². The van der Waals surface area contributed by atoms with Gasteiger partial charge in [0.05, 0.1) is 4.88 Å². The van der Waals surface area contributed by atoms with Crippen LogP contribution in [0, 0.1) is 0 Å². The lowest BCUT2D eigenvalue weighted by atomic mass is 10.2. The second-order valence-corrected chi connectivity index (χ2v) is 8.97. The Morgan fingerprint density at radius 2 is 1.89 bits per heavy atom. The van der Waals surface area contributed by atoms with Crippen molar-refractivity contribution < 1.29 is 13.7 Å². The highest BCUT2D eigenvalue weighted by Gasteiger charge is 2.27. The highest BCUT2D eigenvalue weighted by atomic mass is 32.1. The first-order chi connectivity index (χ1) is 13.0. The van der Waals surface area contributed by atoms with Gasteiger partial charge in [-0.2, -0.15) is 0 Å². The van der Waals surface area contributed by atoms with E-state index in [-0.39, 0.29) is 11.9 Å². The van der Waals surface area contributed by atoms with E-state index in [9.17, 15) is 4.79 Å². The Bertz CT molecular complexity index is 917. The summed E-state index contributed by atoms with van der Waals surface area (Å²) < 4.78 is 22.3. The molecule has 3 aromatic rings. The van der Waals surface area contributed by atoms with Crippen LogP contribution in [0.3, 0.4) is 0 Å². The van der Waals surface area contributed by atoms with Crippen molar-refractivity contribution in [3.63, 3.8) is 0 Å². The SMILES string of the molecule is CNC(=O)c1cc2cc(C(F)P(NC(C)C)Oc3ccccc3)ccc2s1. The van der Waals surface area contributed by atoms with Gasteiger partial charge in [0.1, 0.15) is 5.75 Å². The molecular formula is C20H22FN2O2PS. The predicted molar refractivity (Wildman–Crippen MR) is 111 cm³/mol. The Hall–Kier alpha value is -2.01. The topological polar surface area (TPSA) is 50.4 Å². The standard InChI is InChI=1S/C20H22FN2O2PS/c1-13(2)23-26(25-16-7-5-4-6-8-16)19(21)14-9-10-17-15(11-14)12-18(27-17)20(24)22-3/h4-13,19,23H,1-3H3,(H,22,24). The molecule has 3 rings (SSSR count). The van der Waals surface area contributed by atoms with Gasteiger partial charge in [-0.05, 0) is 55.1 Å². The molecule has 2 N–H and O–H groups in total. The minimum absolute atomic E-state index is 0.0859. The van der Waals surface area contributed by atoms with E-state index in [2.05, 4.69) is 10.4 Å². The highest BCUT2D eigenvalue weighted by molar-refractivity contribution is 7.51. The van der Waals surface area contributed by atoms with E-state index in [1.54, 1.807) is 25.2 Å². The zero-order valence-electron chi connectivity index (χ0n) is 15.4. The zero-order chi connectivity index (χ0) is 19.4. The number of carbonyl (C=O) groups excluding carboxylic acids is 1. The summed E-state index contributed by atoms with van der Waals surface area (Å²) in [6, 6.07) is 16.6. The first-order valence-electron chi connectivity index (χ1n) is 8.66. The molecule has 142 valence electrons. The fourth-order valence-corrected chi connectivity index (χ4v) is 5.12. The molecule has 2 aromatic carbocycles. The van der Waals surface area contributed by atoms with Gasteiger partial charge in [0.25, 0.3) is 5.91 Å². The van der Waals surface area contributed by atoms with Crippen molar-refractivity contribution in [2.45, 2.75) is 25.8 Å². The molecule has 2 unspecified atom stereocenters. The van der Waals surface area contributed by atoms with Crippen LogP contribution in [0.25, 0.3) is 10.1 Å². The van der Waals surface area contributed by atoms with Crippen molar-refractivity contribution >= 4 is 35.6 Å². The summed E-state index contributed by atoms with van der Waals surface area (Å²) in [4.78, 5) is 12.4. The first-order valence-corrected chi connectivity index (χ1v) is 10.8. The van der Waals surface area contributed by atoms with Crippen LogP contribution < -0.4 is 14.9 Å². The van der Waals surface area contributed by atoms with Gasteiger partial charge in [-0.3, -0.25) is 9.88 Å². The summed E-state index contributed by atoms with van der Waals surface area (Å²) in [5, 5.41) is 6.69. The van der Waals surface area contributed by atoms with Gasteiger partial charge in [0, 0.05) is 17.8 Å². The average Bonchev–Trinajstić information content (AvgIpc) is 3.10. The zero-order valence-corrected chi connectivity index (χ0v) is 17.1. The third-order valence-corrected chi connectivity index (χ3v) is 6.81. The number of hydrogen-bond acceptors (Lipinski definition) is 4. The van der Waals surface area contributed by atoms with E-state index < -0.39 is 14.2 Å². The number of nitrogens with one attached hydrogen (secondary N) is 2. The lowest BCUT2D eigenvalue weighted by Gasteiger charge is -2.24. The van der Waals surface area contributed by atoms with E-state index in [0.717, 1.165) is 10.1 Å². The summed E-state index contributed by atoms with van der Waals surface area (Å²) in [5.74, 6) is -0.793. The van der Waals surface area contributed by atoms with Gasteiger partial charge >= 0.3 is 0 Å². The number of rotatable bonds is 7. The third-order valence-electron chi connectivity index (χ3n) is 3.80. The summed E-state index contributed by atoms with van der Waals surface area (Å²) >= 11 is 1.40. The average molecular weight is 404 g/mol. The van der Waals surface area contributed by atoms with E-state index >= 15 is 4.39 Å². The number of amides is 1. The smallest absolute Gasteiger partial charge is 0.261 e. The molecule has 0 aliphatic rings. The number of carbonyl (C=O) groups is 1. The summed E-state index contributed by atoms with van der Waals surface area (Å²) in [7, 11) is 0.0281. The van der Waals surface area contributed by atoms with Crippen LogP contribution in [-0.2, 0) is 0 Å². The molecule has 0 bridgehead atoms. The fraction of sp³-hybridized carbons (Fsp3) is 0.250. The number of fused-ring (bicyclic) bond motifs is 1. The van der Waals surface area contributed by atoms with Crippen LogP contribution in [0.15, 0.2) is 54.6 Å². The minimum atomic E-state index is -1.57. The monoisotopic (exact) mass is 404 g/mol. The maximum absolute atomic E-state index is 15.4. The van der Waals surface area contributed by atoms with E-state index in [0.29, 0.717) is 16.2 Å². The van der Waals surface area contributed by atoms with Crippen molar-refractivity contribution in [1.82, 2.24) is 10.4 Å². The normalized spacial score (nSPS) is 13.5. The van der Waals surface area contributed by atoms with Crippen molar-refractivity contribution in [2.24, 2.45) is 0 Å². The second-order valence-electron chi connectivity index (χ2n) is 6.34. The van der Waals surface area contributed by atoms with Gasteiger partial charge in [0.2, 0.25) is 8.30 Å². The van der Waals surface area contributed by atoms with Crippen LogP contribution in [0.2, 0.25) is 0 Å². The predicted octanol–water partition coefficient (Wildman–Crippen LogP) is 5.62. The van der Waals surface area contributed by atoms with Gasteiger partial charge in [0.15, 0.2) is 5.91 Å². The van der Waals surface area contributed by atoms with E-state index in [1.165, 1.54) is 11.3 Å². The first kappa shape index (κ1) is 19.7. The second kappa shape index (κ2) is 8.79. The molecule has 4 nitrogen and oxygen atoms in total. The molecule has 1 heterocycles. The molecule has 0 saturated heterocycles. The molecule has 7 heteroatoms. The Morgan fingerprint density at radius 1 is 1.15 bits per heavy atom. The molecule has 0 aliphatic heterocycles. The Kier molecular flexibility index (Phi) is 6.42.